The maximum absolute atomic E-state index is 13.0. The number of rotatable bonds is 6. The van der Waals surface area contributed by atoms with Gasteiger partial charge in [0.2, 0.25) is 0 Å². The lowest BCUT2D eigenvalue weighted by molar-refractivity contribution is -0.141. The summed E-state index contributed by atoms with van der Waals surface area (Å²) in [7, 11) is 0. The fourth-order valence-electron chi connectivity index (χ4n) is 4.13. The molecule has 182 valence electrons. The van der Waals surface area contributed by atoms with Crippen LogP contribution < -0.4 is 5.32 Å². The molecule has 0 radical (unpaired) electrons. The quantitative estimate of drug-likeness (QED) is 0.464. The maximum atomic E-state index is 13.0. The summed E-state index contributed by atoms with van der Waals surface area (Å²) in [6, 6.07) is 4.84. The van der Waals surface area contributed by atoms with Crippen LogP contribution in [0.15, 0.2) is 24.3 Å². The van der Waals surface area contributed by atoms with Crippen molar-refractivity contribution in [2.24, 2.45) is 5.92 Å². The number of alkyl halides is 3. The van der Waals surface area contributed by atoms with Crippen LogP contribution in [-0.4, -0.2) is 43.8 Å². The van der Waals surface area contributed by atoms with Gasteiger partial charge in [0.05, 0.1) is 27.2 Å². The summed E-state index contributed by atoms with van der Waals surface area (Å²) in [5.41, 5.74) is -0.319. The molecular weight excluding hydrogens is 469 g/mol. The Morgan fingerprint density at radius 3 is 2.59 bits per heavy atom. The number of aliphatic hydroxyl groups is 2. The third kappa shape index (κ3) is 5.53. The minimum absolute atomic E-state index is 0.135. The van der Waals surface area contributed by atoms with E-state index in [9.17, 15) is 28.2 Å². The summed E-state index contributed by atoms with van der Waals surface area (Å²) in [4.78, 5) is 25.4. The molecule has 0 bridgehead atoms. The van der Waals surface area contributed by atoms with Crippen LogP contribution in [0.4, 0.5) is 18.9 Å². The number of aromatic nitrogens is 3. The monoisotopic (exact) mass is 494 g/mol. The minimum Gasteiger partial charge on any atom is -0.396 e. The van der Waals surface area contributed by atoms with E-state index in [1.165, 1.54) is 17.4 Å². The Balaban J connectivity index is 1.62. The normalized spacial score (nSPS) is 19.8. The van der Waals surface area contributed by atoms with Gasteiger partial charge in [0.1, 0.15) is 11.4 Å². The molecule has 1 aliphatic rings. The van der Waals surface area contributed by atoms with Gasteiger partial charge < -0.3 is 15.5 Å². The van der Waals surface area contributed by atoms with E-state index < -0.39 is 23.9 Å². The van der Waals surface area contributed by atoms with Crippen molar-refractivity contribution < 1.29 is 28.2 Å². The highest BCUT2D eigenvalue weighted by Crippen LogP contribution is 2.39. The lowest BCUT2D eigenvalue weighted by Gasteiger charge is -2.25. The Bertz CT molecular complexity index is 1170. The second-order valence-electron chi connectivity index (χ2n) is 8.67. The molecule has 11 heteroatoms. The maximum Gasteiger partial charge on any atom is 0.433 e. The predicted molar refractivity (Wildman–Crippen MR) is 122 cm³/mol. The number of amides is 1. The van der Waals surface area contributed by atoms with Crippen molar-refractivity contribution >= 4 is 33.3 Å². The molecule has 1 fully saturated rings. The van der Waals surface area contributed by atoms with Gasteiger partial charge in [-0.2, -0.15) is 13.2 Å². The molecule has 3 N–H and O–H groups in total. The van der Waals surface area contributed by atoms with Gasteiger partial charge in [0.25, 0.3) is 5.91 Å². The summed E-state index contributed by atoms with van der Waals surface area (Å²) < 4.78 is 39.7. The standard InChI is InChI=1S/C23H25F3N4O3S/c1-12(32)9-16-17(29-21(33)15-3-2-4-19(27-15)23(24,25)26)10-18-20(28-16)30-22(34-18)14-7-5-13(11-31)6-8-14/h2-4,10,12-14,31-32H,5-9,11H2,1H3,(H,29,33). The third-order valence-electron chi connectivity index (χ3n) is 5.94. The lowest BCUT2D eigenvalue weighted by Crippen LogP contribution is -2.19. The number of carbonyl (C=O) groups is 1. The predicted octanol–water partition coefficient (Wildman–Crippen LogP) is 4.55. The first-order valence-electron chi connectivity index (χ1n) is 11.1. The van der Waals surface area contributed by atoms with Crippen molar-refractivity contribution in [2.45, 2.75) is 57.2 Å². The number of pyridine rings is 2. The molecule has 0 saturated heterocycles. The number of thiazole rings is 1. The minimum atomic E-state index is -4.66. The zero-order valence-electron chi connectivity index (χ0n) is 18.5. The van der Waals surface area contributed by atoms with E-state index >= 15 is 0 Å². The molecule has 0 aliphatic heterocycles. The van der Waals surface area contributed by atoms with Gasteiger partial charge in [0, 0.05) is 18.9 Å². The highest BCUT2D eigenvalue weighted by Gasteiger charge is 2.33. The average molecular weight is 495 g/mol. The van der Waals surface area contributed by atoms with E-state index in [2.05, 4.69) is 20.3 Å². The van der Waals surface area contributed by atoms with Crippen LogP contribution in [0.3, 0.4) is 0 Å². The van der Waals surface area contributed by atoms with Gasteiger partial charge >= 0.3 is 6.18 Å². The van der Waals surface area contributed by atoms with E-state index in [1.54, 1.807) is 13.0 Å². The summed E-state index contributed by atoms with van der Waals surface area (Å²) in [5, 5.41) is 22.8. The molecule has 1 unspecified atom stereocenters. The Hall–Kier alpha value is -2.63. The molecule has 3 aromatic heterocycles. The van der Waals surface area contributed by atoms with E-state index in [0.29, 0.717) is 22.9 Å². The number of fused-ring (bicyclic) bond motifs is 1. The Labute approximate surface area is 198 Å². The fourth-order valence-corrected chi connectivity index (χ4v) is 5.25. The molecule has 1 aliphatic carbocycles. The molecule has 0 spiro atoms. The summed E-state index contributed by atoms with van der Waals surface area (Å²) >= 11 is 1.47. The van der Waals surface area contributed by atoms with Crippen LogP contribution in [0.5, 0.6) is 0 Å². The summed E-state index contributed by atoms with van der Waals surface area (Å²) in [5.74, 6) is -0.201. The number of nitrogens with zero attached hydrogens (tertiary/aromatic N) is 3. The average Bonchev–Trinajstić information content (AvgIpc) is 3.21. The van der Waals surface area contributed by atoms with Crippen molar-refractivity contribution in [3.05, 3.63) is 46.4 Å². The van der Waals surface area contributed by atoms with Crippen molar-refractivity contribution in [2.75, 3.05) is 11.9 Å². The molecule has 1 amide bonds. The van der Waals surface area contributed by atoms with Crippen molar-refractivity contribution in [1.29, 1.82) is 0 Å². The number of nitrogens with one attached hydrogen (secondary N) is 1. The highest BCUT2D eigenvalue weighted by molar-refractivity contribution is 7.18. The van der Waals surface area contributed by atoms with E-state index in [0.717, 1.165) is 47.5 Å². The van der Waals surface area contributed by atoms with E-state index in [-0.39, 0.29) is 24.6 Å². The number of hydrogen-bond donors (Lipinski definition) is 3. The fraction of sp³-hybridized carbons (Fsp3) is 0.478. The van der Waals surface area contributed by atoms with Crippen LogP contribution in [0, 0.1) is 5.92 Å². The molecule has 4 rings (SSSR count). The van der Waals surface area contributed by atoms with Crippen molar-refractivity contribution in [1.82, 2.24) is 15.0 Å². The highest BCUT2D eigenvalue weighted by atomic mass is 32.1. The Morgan fingerprint density at radius 2 is 1.94 bits per heavy atom. The number of carbonyl (C=O) groups excluding carboxylic acids is 1. The summed E-state index contributed by atoms with van der Waals surface area (Å²) in [6.45, 7) is 1.78. The zero-order valence-corrected chi connectivity index (χ0v) is 19.3. The van der Waals surface area contributed by atoms with Gasteiger partial charge in [-0.15, -0.1) is 11.3 Å². The zero-order chi connectivity index (χ0) is 24.5. The van der Waals surface area contributed by atoms with Gasteiger partial charge in [-0.05, 0) is 56.7 Å². The van der Waals surface area contributed by atoms with Crippen LogP contribution >= 0.6 is 11.3 Å². The molecule has 34 heavy (non-hydrogen) atoms. The number of anilines is 1. The molecule has 3 aromatic rings. The molecule has 0 aromatic carbocycles. The van der Waals surface area contributed by atoms with Gasteiger partial charge in [-0.1, -0.05) is 6.07 Å². The Morgan fingerprint density at radius 1 is 1.21 bits per heavy atom. The first kappa shape index (κ1) is 24.5. The second-order valence-corrected chi connectivity index (χ2v) is 9.73. The van der Waals surface area contributed by atoms with E-state index in [1.807, 2.05) is 0 Å². The van der Waals surface area contributed by atoms with Crippen LogP contribution in [-0.2, 0) is 12.6 Å². The molecule has 1 atom stereocenters. The van der Waals surface area contributed by atoms with Gasteiger partial charge in [-0.3, -0.25) is 4.79 Å². The molecule has 1 saturated carbocycles. The molecular formula is C23H25F3N4O3S. The summed E-state index contributed by atoms with van der Waals surface area (Å²) in [6.07, 6.45) is -1.56. The van der Waals surface area contributed by atoms with Gasteiger partial charge in [0.15, 0.2) is 5.65 Å². The Kier molecular flexibility index (Phi) is 7.15. The number of halogens is 3. The third-order valence-corrected chi connectivity index (χ3v) is 7.10. The topological polar surface area (TPSA) is 108 Å². The van der Waals surface area contributed by atoms with Gasteiger partial charge in [-0.25, -0.2) is 15.0 Å². The largest absolute Gasteiger partial charge is 0.433 e. The molecule has 3 heterocycles. The van der Waals surface area contributed by atoms with Crippen LogP contribution in [0.25, 0.3) is 10.3 Å². The first-order valence-corrected chi connectivity index (χ1v) is 11.9. The number of hydrogen-bond acceptors (Lipinski definition) is 7. The van der Waals surface area contributed by atoms with Crippen molar-refractivity contribution in [3.8, 4) is 0 Å². The first-order chi connectivity index (χ1) is 16.1. The van der Waals surface area contributed by atoms with Crippen molar-refractivity contribution in [3.63, 3.8) is 0 Å². The lowest BCUT2D eigenvalue weighted by atomic mass is 9.83. The van der Waals surface area contributed by atoms with Crippen LogP contribution in [0.1, 0.15) is 65.4 Å². The molecule has 7 nitrogen and oxygen atoms in total. The second kappa shape index (κ2) is 9.93. The van der Waals surface area contributed by atoms with E-state index in [4.69, 9.17) is 0 Å². The SMILES string of the molecule is CC(O)Cc1nc2nc(C3CCC(CO)CC3)sc2cc1NC(=O)c1cccc(C(F)(F)F)n1. The smallest absolute Gasteiger partial charge is 0.396 e. The number of aliphatic hydroxyl groups excluding tert-OH is 2. The van der Waals surface area contributed by atoms with Crippen LogP contribution in [0.2, 0.25) is 0 Å².